The van der Waals surface area contributed by atoms with Gasteiger partial charge in [0.1, 0.15) is 0 Å². The zero-order valence-corrected chi connectivity index (χ0v) is 16.2. The van der Waals surface area contributed by atoms with E-state index < -0.39 is 10.0 Å². The molecule has 0 bridgehead atoms. The molecule has 0 radical (unpaired) electrons. The van der Waals surface area contributed by atoms with Crippen LogP contribution >= 0.6 is 0 Å². The summed E-state index contributed by atoms with van der Waals surface area (Å²) < 4.78 is 10.9. The van der Waals surface area contributed by atoms with Crippen LogP contribution in [0.25, 0.3) is 10.8 Å². The standard InChI is InChI=1S/C10H24O2Si.C10H8/c1-3-5-7-9-11-13-12-10-8-6-4-2;1-2-6-10-8-4-3-7-9(10)5-1/h3-10,13H2,1-2H3;1-8H. The zero-order valence-electron chi connectivity index (χ0n) is 14.8. The molecule has 3 heteroatoms. The van der Waals surface area contributed by atoms with Gasteiger partial charge in [0.05, 0.1) is 0 Å². The van der Waals surface area contributed by atoms with Crippen molar-refractivity contribution in [3.05, 3.63) is 48.5 Å². The van der Waals surface area contributed by atoms with Gasteiger partial charge < -0.3 is 8.85 Å². The molecule has 0 saturated carbocycles. The number of unbranched alkanes of at least 4 members (excludes halogenated alkanes) is 4. The number of fused-ring (bicyclic) bond motifs is 1. The van der Waals surface area contributed by atoms with Crippen molar-refractivity contribution in [2.75, 3.05) is 13.2 Å². The number of hydrogen-bond acceptors (Lipinski definition) is 2. The summed E-state index contributed by atoms with van der Waals surface area (Å²) >= 11 is 0. The van der Waals surface area contributed by atoms with E-state index in [1.807, 2.05) is 0 Å². The van der Waals surface area contributed by atoms with Crippen LogP contribution in [0.3, 0.4) is 0 Å². The summed E-state index contributed by atoms with van der Waals surface area (Å²) in [6.07, 6.45) is 7.49. The average Bonchev–Trinajstić information content (AvgIpc) is 2.61. The van der Waals surface area contributed by atoms with E-state index >= 15 is 0 Å². The Labute approximate surface area is 144 Å². The number of hydrogen-bond donors (Lipinski definition) is 0. The van der Waals surface area contributed by atoms with E-state index in [1.54, 1.807) is 0 Å². The quantitative estimate of drug-likeness (QED) is 0.437. The van der Waals surface area contributed by atoms with Crippen LogP contribution < -0.4 is 0 Å². The van der Waals surface area contributed by atoms with Gasteiger partial charge in [0.25, 0.3) is 0 Å². The van der Waals surface area contributed by atoms with E-state index in [9.17, 15) is 0 Å². The maximum Gasteiger partial charge on any atom is 0.304 e. The maximum absolute atomic E-state index is 5.43. The van der Waals surface area contributed by atoms with Crippen LogP contribution in [0.15, 0.2) is 48.5 Å². The van der Waals surface area contributed by atoms with Gasteiger partial charge in [0.2, 0.25) is 0 Å². The highest BCUT2D eigenvalue weighted by Crippen LogP contribution is 2.11. The molecule has 128 valence electrons. The third kappa shape index (κ3) is 10.3. The minimum Gasteiger partial charge on any atom is -0.399 e. The van der Waals surface area contributed by atoms with Crippen molar-refractivity contribution in [2.24, 2.45) is 0 Å². The lowest BCUT2D eigenvalue weighted by Gasteiger charge is -2.04. The highest BCUT2D eigenvalue weighted by atomic mass is 28.3. The Balaban J connectivity index is 0.000000235. The van der Waals surface area contributed by atoms with Crippen LogP contribution in [0, 0.1) is 0 Å². The van der Waals surface area contributed by atoms with Crippen molar-refractivity contribution in [3.63, 3.8) is 0 Å². The van der Waals surface area contributed by atoms with E-state index in [0.717, 1.165) is 13.2 Å². The second-order valence-electron chi connectivity index (χ2n) is 5.70. The molecule has 0 atom stereocenters. The van der Waals surface area contributed by atoms with Gasteiger partial charge in [-0.15, -0.1) is 0 Å². The second kappa shape index (κ2) is 14.4. The molecule has 0 saturated heterocycles. The summed E-state index contributed by atoms with van der Waals surface area (Å²) in [6, 6.07) is 16.7. The van der Waals surface area contributed by atoms with Crippen molar-refractivity contribution < 1.29 is 8.85 Å². The SMILES string of the molecule is CCCCCO[SiH2]OCCCCC.c1ccc2ccccc2c1. The molecule has 0 aliphatic rings. The largest absolute Gasteiger partial charge is 0.399 e. The Bertz CT molecular complexity index is 426. The Kier molecular flexibility index (Phi) is 12.5. The predicted molar refractivity (Wildman–Crippen MR) is 103 cm³/mol. The monoisotopic (exact) mass is 332 g/mol. The fourth-order valence-electron chi connectivity index (χ4n) is 2.22. The molecule has 2 rings (SSSR count). The fraction of sp³-hybridized carbons (Fsp3) is 0.500. The molecule has 0 spiro atoms. The van der Waals surface area contributed by atoms with Crippen LogP contribution in [0.1, 0.15) is 52.4 Å². The first-order valence-electron chi connectivity index (χ1n) is 8.97. The van der Waals surface area contributed by atoms with Gasteiger partial charge in [0, 0.05) is 13.2 Å². The Morgan fingerprint density at radius 2 is 1.04 bits per heavy atom. The first-order chi connectivity index (χ1) is 11.4. The molecule has 0 aliphatic heterocycles. The Hall–Kier alpha value is -1.16. The zero-order chi connectivity index (χ0) is 16.6. The van der Waals surface area contributed by atoms with Gasteiger partial charge in [-0.3, -0.25) is 0 Å². The molecule has 0 unspecified atom stereocenters. The van der Waals surface area contributed by atoms with Crippen LogP contribution in [0.5, 0.6) is 0 Å². The van der Waals surface area contributed by atoms with E-state index in [2.05, 4.69) is 62.4 Å². The van der Waals surface area contributed by atoms with Crippen molar-refractivity contribution in [1.82, 2.24) is 0 Å². The minimum atomic E-state index is -0.645. The van der Waals surface area contributed by atoms with Crippen LogP contribution in [0.4, 0.5) is 0 Å². The fourth-order valence-corrected chi connectivity index (χ4v) is 2.98. The topological polar surface area (TPSA) is 18.5 Å². The molecule has 2 aromatic rings. The van der Waals surface area contributed by atoms with Gasteiger partial charge in [-0.05, 0) is 23.6 Å². The molecule has 2 nitrogen and oxygen atoms in total. The third-order valence-electron chi connectivity index (χ3n) is 3.61. The molecule has 0 heterocycles. The van der Waals surface area contributed by atoms with Crippen molar-refractivity contribution in [1.29, 1.82) is 0 Å². The summed E-state index contributed by atoms with van der Waals surface area (Å²) in [6.45, 7) is 6.24. The normalized spacial score (nSPS) is 10.3. The summed E-state index contributed by atoms with van der Waals surface area (Å²) in [7, 11) is -0.645. The highest BCUT2D eigenvalue weighted by molar-refractivity contribution is 6.17. The molecule has 0 amide bonds. The van der Waals surface area contributed by atoms with Gasteiger partial charge in [-0.2, -0.15) is 0 Å². The smallest absolute Gasteiger partial charge is 0.304 e. The molecule has 0 N–H and O–H groups in total. The van der Waals surface area contributed by atoms with Gasteiger partial charge in [-0.1, -0.05) is 88.1 Å². The lowest BCUT2D eigenvalue weighted by molar-refractivity contribution is 0.214. The van der Waals surface area contributed by atoms with Crippen molar-refractivity contribution in [3.8, 4) is 0 Å². The predicted octanol–water partition coefficient (Wildman–Crippen LogP) is 5.24. The van der Waals surface area contributed by atoms with E-state index in [-0.39, 0.29) is 0 Å². The van der Waals surface area contributed by atoms with Crippen LogP contribution in [-0.4, -0.2) is 23.2 Å². The lowest BCUT2D eigenvalue weighted by Crippen LogP contribution is -2.06. The van der Waals surface area contributed by atoms with Gasteiger partial charge in [-0.25, -0.2) is 0 Å². The Morgan fingerprint density at radius 3 is 1.39 bits per heavy atom. The maximum atomic E-state index is 5.43. The van der Waals surface area contributed by atoms with E-state index in [0.29, 0.717) is 0 Å². The number of benzene rings is 2. The van der Waals surface area contributed by atoms with Crippen LogP contribution in [-0.2, 0) is 8.85 Å². The van der Waals surface area contributed by atoms with E-state index in [1.165, 1.54) is 49.3 Å². The van der Waals surface area contributed by atoms with Gasteiger partial charge >= 0.3 is 10.0 Å². The summed E-state index contributed by atoms with van der Waals surface area (Å²) in [5, 5.41) is 2.62. The molecule has 2 aromatic carbocycles. The molecule has 0 aromatic heterocycles. The molecular formula is C20H32O2Si. The minimum absolute atomic E-state index is 0.645. The van der Waals surface area contributed by atoms with Crippen LogP contribution in [0.2, 0.25) is 0 Å². The Morgan fingerprint density at radius 1 is 0.652 bits per heavy atom. The molecular weight excluding hydrogens is 300 g/mol. The molecule has 0 fully saturated rings. The first-order valence-corrected chi connectivity index (χ1v) is 10.1. The summed E-state index contributed by atoms with van der Waals surface area (Å²) in [4.78, 5) is 0. The number of rotatable bonds is 10. The van der Waals surface area contributed by atoms with Crippen molar-refractivity contribution >= 4 is 20.8 Å². The third-order valence-corrected chi connectivity index (χ3v) is 4.52. The molecule has 0 aliphatic carbocycles. The first kappa shape index (κ1) is 19.9. The van der Waals surface area contributed by atoms with Gasteiger partial charge in [0.15, 0.2) is 0 Å². The highest BCUT2D eigenvalue weighted by Gasteiger charge is 1.90. The van der Waals surface area contributed by atoms with Crippen molar-refractivity contribution in [2.45, 2.75) is 52.4 Å². The summed E-state index contributed by atoms with van der Waals surface area (Å²) in [5.74, 6) is 0. The summed E-state index contributed by atoms with van der Waals surface area (Å²) in [5.41, 5.74) is 0. The average molecular weight is 333 g/mol. The lowest BCUT2D eigenvalue weighted by atomic mass is 10.1. The second-order valence-corrected chi connectivity index (χ2v) is 6.75. The van der Waals surface area contributed by atoms with E-state index in [4.69, 9.17) is 8.85 Å². The molecule has 23 heavy (non-hydrogen) atoms.